The SMILES string of the molecule is COC1CCCC1NS(=O)(=O)c1ccc(C#N)cc1N. The summed E-state index contributed by atoms with van der Waals surface area (Å²) in [5.74, 6) is 0. The van der Waals surface area contributed by atoms with Crippen molar-refractivity contribution in [3.63, 3.8) is 0 Å². The van der Waals surface area contributed by atoms with E-state index in [0.717, 1.165) is 19.3 Å². The van der Waals surface area contributed by atoms with Crippen molar-refractivity contribution in [2.75, 3.05) is 12.8 Å². The van der Waals surface area contributed by atoms with Crippen molar-refractivity contribution in [1.82, 2.24) is 4.72 Å². The lowest BCUT2D eigenvalue weighted by Gasteiger charge is -2.20. The number of hydrogen-bond acceptors (Lipinski definition) is 5. The van der Waals surface area contributed by atoms with Crippen LogP contribution in [0.25, 0.3) is 0 Å². The Labute approximate surface area is 118 Å². The molecule has 1 fully saturated rings. The Morgan fingerprint density at radius 3 is 2.80 bits per heavy atom. The Morgan fingerprint density at radius 2 is 2.20 bits per heavy atom. The number of ether oxygens (including phenoxy) is 1. The summed E-state index contributed by atoms with van der Waals surface area (Å²) in [6, 6.07) is 5.83. The number of nitrogens with one attached hydrogen (secondary N) is 1. The Balaban J connectivity index is 2.25. The lowest BCUT2D eigenvalue weighted by Crippen LogP contribution is -2.40. The van der Waals surface area contributed by atoms with Gasteiger partial charge in [0.05, 0.1) is 23.4 Å². The molecule has 1 aromatic carbocycles. The van der Waals surface area contributed by atoms with Crippen LogP contribution in [0.2, 0.25) is 0 Å². The highest BCUT2D eigenvalue weighted by Crippen LogP contribution is 2.25. The van der Waals surface area contributed by atoms with E-state index < -0.39 is 10.0 Å². The second kappa shape index (κ2) is 5.79. The number of hydrogen-bond donors (Lipinski definition) is 2. The second-order valence-electron chi connectivity index (χ2n) is 4.80. The first kappa shape index (κ1) is 14.8. The maximum Gasteiger partial charge on any atom is 0.242 e. The molecule has 0 saturated heterocycles. The van der Waals surface area contributed by atoms with Crippen LogP contribution in [0.3, 0.4) is 0 Å². The van der Waals surface area contributed by atoms with Gasteiger partial charge in [0.25, 0.3) is 0 Å². The molecule has 7 heteroatoms. The quantitative estimate of drug-likeness (QED) is 0.806. The standard InChI is InChI=1S/C13H17N3O3S/c1-19-12-4-2-3-11(12)16-20(17,18)13-6-5-9(8-14)7-10(13)15/h5-7,11-12,16H,2-4,15H2,1H3. The molecule has 20 heavy (non-hydrogen) atoms. The largest absolute Gasteiger partial charge is 0.398 e. The van der Waals surface area contributed by atoms with Crippen LogP contribution in [0.5, 0.6) is 0 Å². The number of anilines is 1. The monoisotopic (exact) mass is 295 g/mol. The molecule has 6 nitrogen and oxygen atoms in total. The summed E-state index contributed by atoms with van der Waals surface area (Å²) in [4.78, 5) is -0.00162. The van der Waals surface area contributed by atoms with E-state index in [2.05, 4.69) is 4.72 Å². The minimum Gasteiger partial charge on any atom is -0.398 e. The van der Waals surface area contributed by atoms with Gasteiger partial charge in [0.15, 0.2) is 0 Å². The molecular formula is C13H17N3O3S. The first-order valence-electron chi connectivity index (χ1n) is 6.32. The van der Waals surface area contributed by atoms with Gasteiger partial charge in [-0.05, 0) is 37.5 Å². The van der Waals surface area contributed by atoms with E-state index in [9.17, 15) is 8.42 Å². The Morgan fingerprint density at radius 1 is 1.45 bits per heavy atom. The van der Waals surface area contributed by atoms with Crippen molar-refractivity contribution in [2.24, 2.45) is 0 Å². The van der Waals surface area contributed by atoms with E-state index in [4.69, 9.17) is 15.7 Å². The number of benzene rings is 1. The zero-order valence-corrected chi connectivity index (χ0v) is 12.0. The number of nitrogens with zero attached hydrogens (tertiary/aromatic N) is 1. The topological polar surface area (TPSA) is 105 Å². The van der Waals surface area contributed by atoms with Crippen molar-refractivity contribution < 1.29 is 13.2 Å². The van der Waals surface area contributed by atoms with Crippen molar-refractivity contribution in [2.45, 2.75) is 36.3 Å². The molecule has 2 atom stereocenters. The molecule has 1 aromatic rings. The van der Waals surface area contributed by atoms with E-state index in [1.54, 1.807) is 7.11 Å². The van der Waals surface area contributed by atoms with Crippen LogP contribution in [0, 0.1) is 11.3 Å². The molecule has 2 unspecified atom stereocenters. The van der Waals surface area contributed by atoms with Gasteiger partial charge in [-0.15, -0.1) is 0 Å². The molecule has 0 heterocycles. The summed E-state index contributed by atoms with van der Waals surface area (Å²) in [5.41, 5.74) is 6.13. The summed E-state index contributed by atoms with van der Waals surface area (Å²) in [6.45, 7) is 0. The molecule has 0 radical (unpaired) electrons. The van der Waals surface area contributed by atoms with E-state index in [0.29, 0.717) is 5.56 Å². The Bertz CT molecular complexity index is 637. The molecule has 3 N–H and O–H groups in total. The van der Waals surface area contributed by atoms with Crippen LogP contribution in [-0.4, -0.2) is 27.7 Å². The lowest BCUT2D eigenvalue weighted by molar-refractivity contribution is 0.0916. The van der Waals surface area contributed by atoms with E-state index >= 15 is 0 Å². The van der Waals surface area contributed by atoms with Gasteiger partial charge >= 0.3 is 0 Å². The molecule has 0 aliphatic heterocycles. The number of nitrogen functional groups attached to an aromatic ring is 1. The van der Waals surface area contributed by atoms with E-state index in [1.165, 1.54) is 18.2 Å². The zero-order chi connectivity index (χ0) is 14.8. The number of methoxy groups -OCH3 is 1. The summed E-state index contributed by atoms with van der Waals surface area (Å²) < 4.78 is 32.6. The third-order valence-electron chi connectivity index (χ3n) is 3.49. The van der Waals surface area contributed by atoms with Crippen LogP contribution in [0.1, 0.15) is 24.8 Å². The van der Waals surface area contributed by atoms with Gasteiger partial charge in [-0.3, -0.25) is 0 Å². The van der Waals surface area contributed by atoms with Crippen molar-refractivity contribution in [3.8, 4) is 6.07 Å². The molecule has 0 aromatic heterocycles. The molecule has 0 bridgehead atoms. The second-order valence-corrected chi connectivity index (χ2v) is 6.48. The third kappa shape index (κ3) is 2.93. The maximum absolute atomic E-state index is 12.3. The van der Waals surface area contributed by atoms with Crippen LogP contribution < -0.4 is 10.5 Å². The van der Waals surface area contributed by atoms with Gasteiger partial charge < -0.3 is 10.5 Å². The van der Waals surface area contributed by atoms with Crippen LogP contribution in [0.15, 0.2) is 23.1 Å². The van der Waals surface area contributed by atoms with Gasteiger partial charge in [0.2, 0.25) is 10.0 Å². The minimum atomic E-state index is -3.71. The predicted octanol–water partition coefficient (Wildman–Crippen LogP) is 0.986. The van der Waals surface area contributed by atoms with Crippen molar-refractivity contribution in [1.29, 1.82) is 5.26 Å². The van der Waals surface area contributed by atoms with Crippen LogP contribution in [0.4, 0.5) is 5.69 Å². The fraction of sp³-hybridized carbons (Fsp3) is 0.462. The van der Waals surface area contributed by atoms with Gasteiger partial charge in [0.1, 0.15) is 4.90 Å². The summed E-state index contributed by atoms with van der Waals surface area (Å²) in [5, 5.41) is 8.77. The maximum atomic E-state index is 12.3. The molecule has 0 amide bonds. The number of nitrogens with two attached hydrogens (primary N) is 1. The van der Waals surface area contributed by atoms with Gasteiger partial charge in [-0.25, -0.2) is 13.1 Å². The molecule has 1 aliphatic rings. The fourth-order valence-corrected chi connectivity index (χ4v) is 3.88. The number of nitriles is 1. The van der Waals surface area contributed by atoms with Crippen molar-refractivity contribution in [3.05, 3.63) is 23.8 Å². The lowest BCUT2D eigenvalue weighted by atomic mass is 10.2. The van der Waals surface area contributed by atoms with Gasteiger partial charge in [0, 0.05) is 13.2 Å². The molecule has 1 saturated carbocycles. The molecule has 0 spiro atoms. The summed E-state index contributed by atoms with van der Waals surface area (Å²) in [6.07, 6.45) is 2.40. The zero-order valence-electron chi connectivity index (χ0n) is 11.2. The van der Waals surface area contributed by atoms with Crippen LogP contribution >= 0.6 is 0 Å². The van der Waals surface area contributed by atoms with Gasteiger partial charge in [-0.2, -0.15) is 5.26 Å². The van der Waals surface area contributed by atoms with E-state index in [1.807, 2.05) is 6.07 Å². The Kier molecular flexibility index (Phi) is 4.28. The highest BCUT2D eigenvalue weighted by Gasteiger charge is 2.31. The molecular weight excluding hydrogens is 278 g/mol. The first-order valence-corrected chi connectivity index (χ1v) is 7.81. The van der Waals surface area contributed by atoms with Crippen LogP contribution in [-0.2, 0) is 14.8 Å². The molecule has 108 valence electrons. The normalized spacial score (nSPS) is 22.6. The molecule has 2 rings (SSSR count). The summed E-state index contributed by atoms with van der Waals surface area (Å²) in [7, 11) is -2.13. The highest BCUT2D eigenvalue weighted by molar-refractivity contribution is 7.89. The highest BCUT2D eigenvalue weighted by atomic mass is 32.2. The number of rotatable bonds is 4. The Hall–Kier alpha value is -1.62. The number of sulfonamides is 1. The first-order chi connectivity index (χ1) is 9.47. The smallest absolute Gasteiger partial charge is 0.242 e. The fourth-order valence-electron chi connectivity index (χ4n) is 2.47. The van der Waals surface area contributed by atoms with Crippen molar-refractivity contribution >= 4 is 15.7 Å². The predicted molar refractivity (Wildman–Crippen MR) is 74.3 cm³/mol. The average Bonchev–Trinajstić information content (AvgIpc) is 2.84. The van der Waals surface area contributed by atoms with E-state index in [-0.39, 0.29) is 22.7 Å². The molecule has 1 aliphatic carbocycles. The average molecular weight is 295 g/mol. The van der Waals surface area contributed by atoms with Gasteiger partial charge in [-0.1, -0.05) is 0 Å². The minimum absolute atomic E-state index is 0.00162. The summed E-state index contributed by atoms with van der Waals surface area (Å²) >= 11 is 0. The third-order valence-corrected chi connectivity index (χ3v) is 5.05.